The van der Waals surface area contributed by atoms with Crippen LogP contribution in [0.2, 0.25) is 5.02 Å². The van der Waals surface area contributed by atoms with Crippen LogP contribution in [-0.2, 0) is 11.2 Å². The summed E-state index contributed by atoms with van der Waals surface area (Å²) >= 11 is 6.08. The first-order valence-electron chi connectivity index (χ1n) is 5.67. The van der Waals surface area contributed by atoms with Crippen molar-refractivity contribution in [2.75, 3.05) is 20.2 Å². The molecule has 0 aromatic heterocycles. The SMILES string of the molecule is CCOc1ccc(CCN(C)C(C)=O)cc1Cl. The molecule has 0 atom stereocenters. The van der Waals surface area contributed by atoms with Gasteiger partial charge in [0.1, 0.15) is 5.75 Å². The van der Waals surface area contributed by atoms with Gasteiger partial charge in [-0.2, -0.15) is 0 Å². The molecule has 3 nitrogen and oxygen atoms in total. The highest BCUT2D eigenvalue weighted by Gasteiger charge is 2.05. The molecule has 0 unspecified atom stereocenters. The maximum Gasteiger partial charge on any atom is 0.219 e. The lowest BCUT2D eigenvalue weighted by Crippen LogP contribution is -2.26. The van der Waals surface area contributed by atoms with Crippen LogP contribution in [0.5, 0.6) is 5.75 Å². The monoisotopic (exact) mass is 255 g/mol. The number of ether oxygens (including phenoxy) is 1. The molecule has 0 aliphatic rings. The number of benzene rings is 1. The fourth-order valence-corrected chi connectivity index (χ4v) is 1.68. The van der Waals surface area contributed by atoms with Crippen LogP contribution in [0.15, 0.2) is 18.2 Å². The van der Waals surface area contributed by atoms with Crippen LogP contribution in [0, 0.1) is 0 Å². The molecule has 1 rings (SSSR count). The maximum atomic E-state index is 11.1. The number of hydrogen-bond donors (Lipinski definition) is 0. The molecule has 0 aliphatic heterocycles. The predicted octanol–water partition coefficient (Wildman–Crippen LogP) is 2.76. The zero-order valence-electron chi connectivity index (χ0n) is 10.5. The van der Waals surface area contributed by atoms with Gasteiger partial charge in [-0.05, 0) is 31.0 Å². The first kappa shape index (κ1) is 13.8. The van der Waals surface area contributed by atoms with Gasteiger partial charge in [0.25, 0.3) is 0 Å². The van der Waals surface area contributed by atoms with E-state index in [0.717, 1.165) is 12.0 Å². The lowest BCUT2D eigenvalue weighted by molar-refractivity contribution is -0.127. The number of hydrogen-bond acceptors (Lipinski definition) is 2. The van der Waals surface area contributed by atoms with E-state index in [2.05, 4.69) is 0 Å². The molecule has 0 aliphatic carbocycles. The second-order valence-corrected chi connectivity index (χ2v) is 4.30. The third-order valence-corrected chi connectivity index (χ3v) is 2.86. The van der Waals surface area contributed by atoms with Gasteiger partial charge in [0, 0.05) is 20.5 Å². The highest BCUT2D eigenvalue weighted by Crippen LogP contribution is 2.25. The smallest absolute Gasteiger partial charge is 0.219 e. The molecule has 0 spiro atoms. The molecule has 1 amide bonds. The number of nitrogens with zero attached hydrogens (tertiary/aromatic N) is 1. The van der Waals surface area contributed by atoms with Crippen LogP contribution in [-0.4, -0.2) is 31.0 Å². The molecule has 0 saturated carbocycles. The standard InChI is InChI=1S/C13H18ClNO2/c1-4-17-13-6-5-11(9-12(13)14)7-8-15(3)10(2)16/h5-6,9H,4,7-8H2,1-3H3. The highest BCUT2D eigenvalue weighted by molar-refractivity contribution is 6.32. The second kappa shape index (κ2) is 6.50. The van der Waals surface area contributed by atoms with Crippen molar-refractivity contribution in [2.24, 2.45) is 0 Å². The number of rotatable bonds is 5. The van der Waals surface area contributed by atoms with Gasteiger partial charge in [-0.15, -0.1) is 0 Å². The summed E-state index contributed by atoms with van der Waals surface area (Å²) in [5.41, 5.74) is 1.10. The quantitative estimate of drug-likeness (QED) is 0.810. The number of amides is 1. The van der Waals surface area contributed by atoms with Crippen LogP contribution in [0.25, 0.3) is 0 Å². The zero-order chi connectivity index (χ0) is 12.8. The second-order valence-electron chi connectivity index (χ2n) is 3.89. The molecule has 0 heterocycles. The van der Waals surface area contributed by atoms with Gasteiger partial charge in [-0.3, -0.25) is 4.79 Å². The van der Waals surface area contributed by atoms with Crippen molar-refractivity contribution in [3.63, 3.8) is 0 Å². The summed E-state index contributed by atoms with van der Waals surface area (Å²) in [5.74, 6) is 0.778. The van der Waals surface area contributed by atoms with Crippen molar-refractivity contribution < 1.29 is 9.53 Å². The van der Waals surface area contributed by atoms with Crippen LogP contribution >= 0.6 is 11.6 Å². The Morgan fingerprint density at radius 1 is 1.47 bits per heavy atom. The first-order chi connectivity index (χ1) is 8.04. The van der Waals surface area contributed by atoms with Crippen LogP contribution in [0.1, 0.15) is 19.4 Å². The minimum Gasteiger partial charge on any atom is -0.492 e. The Kier molecular flexibility index (Phi) is 5.29. The average Bonchev–Trinajstić information content (AvgIpc) is 2.29. The lowest BCUT2D eigenvalue weighted by Gasteiger charge is -2.15. The molecule has 94 valence electrons. The third kappa shape index (κ3) is 4.27. The molecular weight excluding hydrogens is 238 g/mol. The number of halogens is 1. The highest BCUT2D eigenvalue weighted by atomic mass is 35.5. The largest absolute Gasteiger partial charge is 0.492 e. The van der Waals surface area contributed by atoms with Gasteiger partial charge >= 0.3 is 0 Å². The Bertz CT molecular complexity index is 393. The molecule has 0 radical (unpaired) electrons. The lowest BCUT2D eigenvalue weighted by atomic mass is 10.1. The molecule has 0 fully saturated rings. The molecule has 0 bridgehead atoms. The van der Waals surface area contributed by atoms with Crippen molar-refractivity contribution in [3.8, 4) is 5.75 Å². The third-order valence-electron chi connectivity index (χ3n) is 2.57. The molecule has 0 N–H and O–H groups in total. The van der Waals surface area contributed by atoms with Crippen LogP contribution in [0.3, 0.4) is 0 Å². The van der Waals surface area contributed by atoms with E-state index in [4.69, 9.17) is 16.3 Å². The van der Waals surface area contributed by atoms with Crippen molar-refractivity contribution in [3.05, 3.63) is 28.8 Å². The number of carbonyl (C=O) groups is 1. The minimum atomic E-state index is 0.0713. The summed E-state index contributed by atoms with van der Waals surface area (Å²) in [6, 6.07) is 5.74. The first-order valence-corrected chi connectivity index (χ1v) is 6.05. The summed E-state index contributed by atoms with van der Waals surface area (Å²) in [7, 11) is 1.79. The number of carbonyl (C=O) groups excluding carboxylic acids is 1. The van der Waals surface area contributed by atoms with E-state index in [0.29, 0.717) is 23.9 Å². The topological polar surface area (TPSA) is 29.5 Å². The summed E-state index contributed by atoms with van der Waals surface area (Å²) in [6.45, 7) is 4.78. The average molecular weight is 256 g/mol. The van der Waals surface area contributed by atoms with Crippen LogP contribution in [0.4, 0.5) is 0 Å². The van der Waals surface area contributed by atoms with E-state index in [1.807, 2.05) is 25.1 Å². The fourth-order valence-electron chi connectivity index (χ4n) is 1.43. The summed E-state index contributed by atoms with van der Waals surface area (Å²) in [5, 5.41) is 0.620. The van der Waals surface area contributed by atoms with Crippen molar-refractivity contribution in [1.82, 2.24) is 4.90 Å². The van der Waals surface area contributed by atoms with E-state index in [1.165, 1.54) is 0 Å². The van der Waals surface area contributed by atoms with E-state index in [9.17, 15) is 4.79 Å². The van der Waals surface area contributed by atoms with Gasteiger partial charge in [-0.25, -0.2) is 0 Å². The number of likely N-dealkylation sites (N-methyl/N-ethyl adjacent to an activating group) is 1. The zero-order valence-corrected chi connectivity index (χ0v) is 11.3. The fraction of sp³-hybridized carbons (Fsp3) is 0.462. The molecule has 1 aromatic carbocycles. The summed E-state index contributed by atoms with van der Waals surface area (Å²) in [4.78, 5) is 12.7. The molecule has 0 saturated heterocycles. The van der Waals surface area contributed by atoms with Crippen molar-refractivity contribution in [2.45, 2.75) is 20.3 Å². The van der Waals surface area contributed by atoms with E-state index in [-0.39, 0.29) is 5.91 Å². The van der Waals surface area contributed by atoms with Gasteiger partial charge in [0.2, 0.25) is 5.91 Å². The Hall–Kier alpha value is -1.22. The van der Waals surface area contributed by atoms with E-state index in [1.54, 1.807) is 18.9 Å². The Morgan fingerprint density at radius 2 is 2.18 bits per heavy atom. The van der Waals surface area contributed by atoms with Gasteiger partial charge < -0.3 is 9.64 Å². The Balaban J connectivity index is 2.61. The summed E-state index contributed by atoms with van der Waals surface area (Å²) < 4.78 is 5.36. The van der Waals surface area contributed by atoms with E-state index < -0.39 is 0 Å². The molecular formula is C13H18ClNO2. The Morgan fingerprint density at radius 3 is 2.71 bits per heavy atom. The molecule has 1 aromatic rings. The van der Waals surface area contributed by atoms with Gasteiger partial charge in [0.05, 0.1) is 11.6 Å². The van der Waals surface area contributed by atoms with Crippen LogP contribution < -0.4 is 4.74 Å². The molecule has 4 heteroatoms. The molecule has 17 heavy (non-hydrogen) atoms. The van der Waals surface area contributed by atoms with Gasteiger partial charge in [0.15, 0.2) is 0 Å². The Labute approximate surface area is 107 Å². The predicted molar refractivity (Wildman–Crippen MR) is 69.6 cm³/mol. The van der Waals surface area contributed by atoms with Gasteiger partial charge in [-0.1, -0.05) is 17.7 Å². The van der Waals surface area contributed by atoms with Crippen molar-refractivity contribution in [1.29, 1.82) is 0 Å². The normalized spacial score (nSPS) is 10.1. The summed E-state index contributed by atoms with van der Waals surface area (Å²) in [6.07, 6.45) is 0.794. The van der Waals surface area contributed by atoms with E-state index >= 15 is 0 Å². The minimum absolute atomic E-state index is 0.0713. The van der Waals surface area contributed by atoms with Crippen molar-refractivity contribution >= 4 is 17.5 Å². The maximum absolute atomic E-state index is 11.1.